The van der Waals surface area contributed by atoms with Gasteiger partial charge in [-0.1, -0.05) is 12.1 Å². The molecule has 0 aromatic heterocycles. The molecule has 0 saturated carbocycles. The summed E-state index contributed by atoms with van der Waals surface area (Å²) in [6.07, 6.45) is 1.04. The smallest absolute Gasteiger partial charge is 0.240 e. The summed E-state index contributed by atoms with van der Waals surface area (Å²) in [6, 6.07) is 12.3. The van der Waals surface area contributed by atoms with E-state index in [1.54, 1.807) is 24.3 Å². The van der Waals surface area contributed by atoms with E-state index in [1.165, 1.54) is 24.3 Å². The lowest BCUT2D eigenvalue weighted by Gasteiger charge is -2.23. The number of halogens is 2. The second kappa shape index (κ2) is 9.00. The third-order valence-electron chi connectivity index (χ3n) is 3.32. The monoisotopic (exact) mass is 444 g/mol. The molecule has 0 fully saturated rings. The number of carbonyl (C=O) groups excluding carboxylic acids is 1. The molecule has 0 heterocycles. The van der Waals surface area contributed by atoms with Gasteiger partial charge in [-0.3, -0.25) is 9.10 Å². The van der Waals surface area contributed by atoms with Crippen LogP contribution < -0.4 is 14.4 Å². The van der Waals surface area contributed by atoms with Crippen molar-refractivity contribution in [2.45, 2.75) is 0 Å². The third kappa shape index (κ3) is 5.99. The van der Waals surface area contributed by atoms with E-state index < -0.39 is 15.9 Å². The molecule has 0 aliphatic heterocycles. The van der Waals surface area contributed by atoms with Crippen LogP contribution in [0.15, 0.2) is 53.0 Å². The molecular formula is C17H18BrFN2O4S. The summed E-state index contributed by atoms with van der Waals surface area (Å²) in [7, 11) is -3.64. The maximum absolute atomic E-state index is 12.8. The van der Waals surface area contributed by atoms with E-state index in [0.717, 1.165) is 10.6 Å². The SMILES string of the molecule is CS(=O)(=O)N(CC(=O)NCCOc1ccc(F)cc1)c1ccccc1Br. The number of nitrogens with one attached hydrogen (secondary N) is 1. The number of rotatable bonds is 8. The van der Waals surface area contributed by atoms with Gasteiger partial charge in [0, 0.05) is 4.47 Å². The van der Waals surface area contributed by atoms with Gasteiger partial charge in [-0.25, -0.2) is 12.8 Å². The summed E-state index contributed by atoms with van der Waals surface area (Å²) in [5, 5.41) is 2.60. The Balaban J connectivity index is 1.89. The van der Waals surface area contributed by atoms with Crippen LogP contribution in [0.3, 0.4) is 0 Å². The molecule has 0 unspecified atom stereocenters. The Morgan fingerprint density at radius 2 is 1.85 bits per heavy atom. The highest BCUT2D eigenvalue weighted by molar-refractivity contribution is 9.10. The van der Waals surface area contributed by atoms with Crippen LogP contribution in [-0.4, -0.2) is 40.3 Å². The van der Waals surface area contributed by atoms with Crippen molar-refractivity contribution in [3.8, 4) is 5.75 Å². The number of amides is 1. The van der Waals surface area contributed by atoms with Crippen molar-refractivity contribution in [3.05, 3.63) is 58.8 Å². The van der Waals surface area contributed by atoms with Crippen molar-refractivity contribution < 1.29 is 22.3 Å². The van der Waals surface area contributed by atoms with Crippen molar-refractivity contribution in [3.63, 3.8) is 0 Å². The zero-order valence-electron chi connectivity index (χ0n) is 14.0. The van der Waals surface area contributed by atoms with Gasteiger partial charge in [-0.2, -0.15) is 0 Å². The molecule has 0 saturated heterocycles. The molecule has 0 radical (unpaired) electrons. The summed E-state index contributed by atoms with van der Waals surface area (Å²) in [6.45, 7) is 0.00699. The van der Waals surface area contributed by atoms with Crippen LogP contribution in [0.5, 0.6) is 5.75 Å². The van der Waals surface area contributed by atoms with Crippen LogP contribution in [0.25, 0.3) is 0 Å². The number of carbonyl (C=O) groups is 1. The van der Waals surface area contributed by atoms with Gasteiger partial charge in [0.25, 0.3) is 0 Å². The summed E-state index contributed by atoms with van der Waals surface area (Å²) in [5.74, 6) is -0.348. The Morgan fingerprint density at radius 3 is 2.46 bits per heavy atom. The molecule has 0 aliphatic carbocycles. The average molecular weight is 445 g/mol. The van der Waals surface area contributed by atoms with Crippen molar-refractivity contribution in [1.82, 2.24) is 5.32 Å². The zero-order valence-corrected chi connectivity index (χ0v) is 16.4. The van der Waals surface area contributed by atoms with Crippen molar-refractivity contribution >= 4 is 37.5 Å². The van der Waals surface area contributed by atoms with Crippen molar-refractivity contribution in [2.24, 2.45) is 0 Å². The van der Waals surface area contributed by atoms with E-state index in [1.807, 2.05) is 0 Å². The van der Waals surface area contributed by atoms with Gasteiger partial charge >= 0.3 is 0 Å². The maximum atomic E-state index is 12.8. The quantitative estimate of drug-likeness (QED) is 0.634. The number of anilines is 1. The van der Waals surface area contributed by atoms with Crippen LogP contribution in [-0.2, 0) is 14.8 Å². The highest BCUT2D eigenvalue weighted by Crippen LogP contribution is 2.27. The maximum Gasteiger partial charge on any atom is 0.240 e. The second-order valence-electron chi connectivity index (χ2n) is 5.37. The Labute approximate surface area is 160 Å². The van der Waals surface area contributed by atoms with Crippen LogP contribution in [0.2, 0.25) is 0 Å². The van der Waals surface area contributed by atoms with Gasteiger partial charge in [0.2, 0.25) is 15.9 Å². The molecule has 0 spiro atoms. The van der Waals surface area contributed by atoms with Crippen molar-refractivity contribution in [2.75, 3.05) is 30.3 Å². The molecule has 9 heteroatoms. The average Bonchev–Trinajstić information content (AvgIpc) is 2.58. The predicted octanol–water partition coefficient (Wildman–Crippen LogP) is 2.55. The van der Waals surface area contributed by atoms with Crippen molar-refractivity contribution in [1.29, 1.82) is 0 Å². The molecule has 0 bridgehead atoms. The number of ether oxygens (including phenoxy) is 1. The minimum absolute atomic E-state index is 0.172. The molecule has 26 heavy (non-hydrogen) atoms. The predicted molar refractivity (Wildman–Crippen MR) is 101 cm³/mol. The topological polar surface area (TPSA) is 75.7 Å². The molecule has 0 aliphatic rings. The number of benzene rings is 2. The molecule has 2 aromatic rings. The highest BCUT2D eigenvalue weighted by atomic mass is 79.9. The zero-order chi connectivity index (χ0) is 19.2. The van der Waals surface area contributed by atoms with E-state index in [9.17, 15) is 17.6 Å². The van der Waals surface area contributed by atoms with Crippen LogP contribution in [0.4, 0.5) is 10.1 Å². The third-order valence-corrected chi connectivity index (χ3v) is 5.11. The second-order valence-corrected chi connectivity index (χ2v) is 8.13. The molecule has 0 atom stereocenters. The van der Waals surface area contributed by atoms with E-state index >= 15 is 0 Å². The van der Waals surface area contributed by atoms with Gasteiger partial charge in [-0.15, -0.1) is 0 Å². The molecule has 6 nitrogen and oxygen atoms in total. The summed E-state index contributed by atoms with van der Waals surface area (Å²) in [4.78, 5) is 12.1. The Hall–Kier alpha value is -2.13. The van der Waals surface area contributed by atoms with Gasteiger partial charge in [-0.05, 0) is 52.3 Å². The number of para-hydroxylation sites is 1. The standard InChI is InChI=1S/C17H18BrFN2O4S/c1-26(23,24)21(16-5-3-2-4-15(16)18)12-17(22)20-10-11-25-14-8-6-13(19)7-9-14/h2-9H,10-12H2,1H3,(H,20,22). The summed E-state index contributed by atoms with van der Waals surface area (Å²) < 4.78 is 43.8. The fourth-order valence-corrected chi connectivity index (χ4v) is 3.60. The number of hydrogen-bond acceptors (Lipinski definition) is 4. The Kier molecular flexibility index (Phi) is 6.98. The van der Waals surface area contributed by atoms with Crippen LogP contribution in [0, 0.1) is 5.82 Å². The van der Waals surface area contributed by atoms with E-state index in [2.05, 4.69) is 21.2 Å². The highest BCUT2D eigenvalue weighted by Gasteiger charge is 2.22. The normalized spacial score (nSPS) is 11.0. The molecular weight excluding hydrogens is 427 g/mol. The molecule has 140 valence electrons. The van der Waals surface area contributed by atoms with Crippen LogP contribution >= 0.6 is 15.9 Å². The first-order valence-electron chi connectivity index (χ1n) is 7.64. The van der Waals surface area contributed by atoms with Gasteiger partial charge in [0.1, 0.15) is 24.7 Å². The Morgan fingerprint density at radius 1 is 1.19 bits per heavy atom. The fourth-order valence-electron chi connectivity index (χ4n) is 2.11. The first kappa shape index (κ1) is 20.2. The molecule has 1 N–H and O–H groups in total. The Bertz CT molecular complexity index is 859. The first-order valence-corrected chi connectivity index (χ1v) is 10.3. The van der Waals surface area contributed by atoms with Gasteiger partial charge in [0.05, 0.1) is 18.5 Å². The summed E-state index contributed by atoms with van der Waals surface area (Å²) >= 11 is 3.29. The lowest BCUT2D eigenvalue weighted by atomic mass is 10.3. The largest absolute Gasteiger partial charge is 0.492 e. The first-order chi connectivity index (χ1) is 12.3. The number of nitrogens with zero attached hydrogens (tertiary/aromatic N) is 1. The van der Waals surface area contributed by atoms with Gasteiger partial charge < -0.3 is 10.1 Å². The summed E-state index contributed by atoms with van der Waals surface area (Å²) in [5.41, 5.74) is 0.382. The van der Waals surface area contributed by atoms with E-state index in [4.69, 9.17) is 4.74 Å². The number of sulfonamides is 1. The minimum atomic E-state index is -3.64. The molecule has 1 amide bonds. The lowest BCUT2D eigenvalue weighted by molar-refractivity contribution is -0.119. The molecule has 2 aromatic carbocycles. The fraction of sp³-hybridized carbons (Fsp3) is 0.235. The van der Waals surface area contributed by atoms with E-state index in [0.29, 0.717) is 15.9 Å². The minimum Gasteiger partial charge on any atom is -0.492 e. The van der Waals surface area contributed by atoms with E-state index in [-0.39, 0.29) is 25.5 Å². The van der Waals surface area contributed by atoms with Gasteiger partial charge in [0.15, 0.2) is 0 Å². The molecule has 2 rings (SSSR count). The number of hydrogen-bond donors (Lipinski definition) is 1. The lowest BCUT2D eigenvalue weighted by Crippen LogP contribution is -2.41. The van der Waals surface area contributed by atoms with Crippen LogP contribution in [0.1, 0.15) is 0 Å².